The van der Waals surface area contributed by atoms with Gasteiger partial charge < -0.3 is 9.29 Å². The Hall–Kier alpha value is -1.31. The fourth-order valence-electron chi connectivity index (χ4n) is 1.19. The number of ether oxygens (including phenoxy) is 1. The summed E-state index contributed by atoms with van der Waals surface area (Å²) < 4.78 is 23.6. The van der Waals surface area contributed by atoms with Gasteiger partial charge in [0, 0.05) is 6.07 Å². The van der Waals surface area contributed by atoms with Gasteiger partial charge in [0.1, 0.15) is 5.94 Å². The Labute approximate surface area is 94.7 Å². The molecule has 7 heteroatoms. The predicted octanol–water partition coefficient (Wildman–Crippen LogP) is 1.60. The lowest BCUT2D eigenvalue weighted by Crippen LogP contribution is -2.03. The van der Waals surface area contributed by atoms with E-state index in [2.05, 4.69) is 0 Å². The number of hydrogen-bond acceptors (Lipinski definition) is 4. The number of hydrogen-bond donors (Lipinski definition) is 1. The summed E-state index contributed by atoms with van der Waals surface area (Å²) >= 11 is -2.05. The first-order valence-corrected chi connectivity index (χ1v) is 5.67. The molecule has 0 saturated carbocycles. The molecular formula is C9H11NO5S. The first-order valence-electron chi connectivity index (χ1n) is 4.40. The molecule has 16 heavy (non-hydrogen) atoms. The molecule has 1 aromatic carbocycles. The van der Waals surface area contributed by atoms with Gasteiger partial charge in [-0.25, -0.2) is 4.21 Å². The standard InChI is InChI=1S/C9H11NO5S/c1-7-2-3-8(5-15-6-16(13)14)9(4-7)10(11)12/h2-4H,5-6H2,1H3,(H,13,14). The van der Waals surface area contributed by atoms with Gasteiger partial charge in [0.2, 0.25) is 0 Å². The molecule has 0 aliphatic heterocycles. The summed E-state index contributed by atoms with van der Waals surface area (Å²) in [6.07, 6.45) is 0. The number of benzene rings is 1. The molecule has 0 aliphatic carbocycles. The van der Waals surface area contributed by atoms with E-state index in [0.29, 0.717) is 5.56 Å². The molecule has 0 heterocycles. The van der Waals surface area contributed by atoms with Gasteiger partial charge >= 0.3 is 0 Å². The van der Waals surface area contributed by atoms with E-state index in [9.17, 15) is 14.3 Å². The summed E-state index contributed by atoms with van der Waals surface area (Å²) in [4.78, 5) is 10.2. The van der Waals surface area contributed by atoms with Crippen molar-refractivity contribution in [2.24, 2.45) is 0 Å². The van der Waals surface area contributed by atoms with E-state index in [-0.39, 0.29) is 18.2 Å². The molecular weight excluding hydrogens is 234 g/mol. The van der Waals surface area contributed by atoms with Crippen LogP contribution in [-0.2, 0) is 22.4 Å². The lowest BCUT2D eigenvalue weighted by molar-refractivity contribution is -0.386. The molecule has 1 rings (SSSR count). The third-order valence-electron chi connectivity index (χ3n) is 1.88. The molecule has 88 valence electrons. The number of nitro benzene ring substituents is 1. The van der Waals surface area contributed by atoms with E-state index < -0.39 is 16.0 Å². The normalized spacial score (nSPS) is 12.4. The maximum atomic E-state index is 10.7. The van der Waals surface area contributed by atoms with Crippen molar-refractivity contribution in [3.8, 4) is 0 Å². The fraction of sp³-hybridized carbons (Fsp3) is 0.333. The minimum Gasteiger partial charge on any atom is -0.361 e. The highest BCUT2D eigenvalue weighted by Crippen LogP contribution is 2.20. The Morgan fingerprint density at radius 1 is 1.56 bits per heavy atom. The largest absolute Gasteiger partial charge is 0.361 e. The van der Waals surface area contributed by atoms with Crippen molar-refractivity contribution in [3.63, 3.8) is 0 Å². The fourth-order valence-corrected chi connectivity index (χ4v) is 1.41. The zero-order valence-electron chi connectivity index (χ0n) is 8.58. The molecule has 0 saturated heterocycles. The van der Waals surface area contributed by atoms with Crippen molar-refractivity contribution in [1.82, 2.24) is 0 Å². The van der Waals surface area contributed by atoms with Crippen LogP contribution < -0.4 is 0 Å². The van der Waals surface area contributed by atoms with Crippen LogP contribution in [0.4, 0.5) is 5.69 Å². The predicted molar refractivity (Wildman–Crippen MR) is 58.3 cm³/mol. The molecule has 0 aliphatic rings. The third-order valence-corrected chi connectivity index (χ3v) is 2.25. The first kappa shape index (κ1) is 12.8. The van der Waals surface area contributed by atoms with Crippen LogP contribution in [0.1, 0.15) is 11.1 Å². The molecule has 0 amide bonds. The van der Waals surface area contributed by atoms with E-state index in [0.717, 1.165) is 5.56 Å². The van der Waals surface area contributed by atoms with E-state index in [1.54, 1.807) is 19.1 Å². The summed E-state index contributed by atoms with van der Waals surface area (Å²) in [5, 5.41) is 10.7. The number of nitro groups is 1. The molecule has 0 spiro atoms. The smallest absolute Gasteiger partial charge is 0.275 e. The van der Waals surface area contributed by atoms with E-state index >= 15 is 0 Å². The molecule has 1 N–H and O–H groups in total. The minimum atomic E-state index is -2.05. The highest BCUT2D eigenvalue weighted by molar-refractivity contribution is 7.79. The Bertz CT molecular complexity index is 420. The van der Waals surface area contributed by atoms with Gasteiger partial charge in [-0.2, -0.15) is 0 Å². The Balaban J connectivity index is 2.78. The van der Waals surface area contributed by atoms with E-state index in [1.165, 1.54) is 6.07 Å². The number of rotatable bonds is 5. The molecule has 0 aromatic heterocycles. The van der Waals surface area contributed by atoms with Crippen LogP contribution >= 0.6 is 0 Å². The molecule has 0 fully saturated rings. The van der Waals surface area contributed by atoms with Gasteiger partial charge in [-0.15, -0.1) is 0 Å². The van der Waals surface area contributed by atoms with Crippen LogP contribution in [0.5, 0.6) is 0 Å². The maximum absolute atomic E-state index is 10.7. The molecule has 1 atom stereocenters. The highest BCUT2D eigenvalue weighted by atomic mass is 32.2. The molecule has 1 unspecified atom stereocenters. The van der Waals surface area contributed by atoms with Crippen molar-refractivity contribution in [1.29, 1.82) is 0 Å². The van der Waals surface area contributed by atoms with Gasteiger partial charge in [0.25, 0.3) is 5.69 Å². The monoisotopic (exact) mass is 245 g/mol. The lowest BCUT2D eigenvalue weighted by Gasteiger charge is -2.04. The van der Waals surface area contributed by atoms with Crippen LogP contribution in [0.2, 0.25) is 0 Å². The summed E-state index contributed by atoms with van der Waals surface area (Å²) in [5.41, 5.74) is 1.13. The topological polar surface area (TPSA) is 89.7 Å². The van der Waals surface area contributed by atoms with Crippen molar-refractivity contribution < 1.29 is 18.4 Å². The van der Waals surface area contributed by atoms with Crippen LogP contribution in [-0.4, -0.2) is 19.6 Å². The molecule has 0 bridgehead atoms. The van der Waals surface area contributed by atoms with Crippen LogP contribution in [0, 0.1) is 17.0 Å². The Morgan fingerprint density at radius 3 is 2.81 bits per heavy atom. The summed E-state index contributed by atoms with van der Waals surface area (Å²) in [5.74, 6) is -0.356. The van der Waals surface area contributed by atoms with Crippen LogP contribution in [0.15, 0.2) is 18.2 Å². The molecule has 0 radical (unpaired) electrons. The second kappa shape index (κ2) is 5.69. The zero-order chi connectivity index (χ0) is 12.1. The Morgan fingerprint density at radius 2 is 2.25 bits per heavy atom. The summed E-state index contributed by atoms with van der Waals surface area (Å²) in [6, 6.07) is 4.74. The van der Waals surface area contributed by atoms with Crippen molar-refractivity contribution in [3.05, 3.63) is 39.4 Å². The SMILES string of the molecule is Cc1ccc(COCS(=O)O)c([N+](=O)[O-])c1. The third kappa shape index (κ3) is 3.69. The summed E-state index contributed by atoms with van der Waals surface area (Å²) in [6.45, 7) is 1.70. The minimum absolute atomic E-state index is 0.0382. The van der Waals surface area contributed by atoms with Gasteiger partial charge in [-0.05, 0) is 18.6 Å². The summed E-state index contributed by atoms with van der Waals surface area (Å²) in [7, 11) is 0. The van der Waals surface area contributed by atoms with Gasteiger partial charge in [0.05, 0.1) is 17.1 Å². The molecule has 1 aromatic rings. The van der Waals surface area contributed by atoms with Crippen molar-refractivity contribution >= 4 is 16.8 Å². The zero-order valence-corrected chi connectivity index (χ0v) is 9.40. The average Bonchev–Trinajstić information content (AvgIpc) is 2.19. The van der Waals surface area contributed by atoms with Gasteiger partial charge in [-0.3, -0.25) is 10.1 Å². The Kier molecular flexibility index (Phi) is 4.53. The highest BCUT2D eigenvalue weighted by Gasteiger charge is 2.13. The number of aryl methyl sites for hydroxylation is 1. The average molecular weight is 245 g/mol. The quantitative estimate of drug-likeness (QED) is 0.483. The van der Waals surface area contributed by atoms with Crippen LogP contribution in [0.25, 0.3) is 0 Å². The van der Waals surface area contributed by atoms with Crippen molar-refractivity contribution in [2.75, 3.05) is 5.94 Å². The van der Waals surface area contributed by atoms with Crippen LogP contribution in [0.3, 0.4) is 0 Å². The van der Waals surface area contributed by atoms with Gasteiger partial charge in [0.15, 0.2) is 11.1 Å². The second-order valence-electron chi connectivity index (χ2n) is 3.18. The maximum Gasteiger partial charge on any atom is 0.275 e. The molecule has 6 nitrogen and oxygen atoms in total. The first-order chi connectivity index (χ1) is 7.50. The van der Waals surface area contributed by atoms with E-state index in [1.807, 2.05) is 0 Å². The van der Waals surface area contributed by atoms with Crippen molar-refractivity contribution in [2.45, 2.75) is 13.5 Å². The van der Waals surface area contributed by atoms with E-state index in [4.69, 9.17) is 9.29 Å². The second-order valence-corrected chi connectivity index (χ2v) is 4.06. The lowest BCUT2D eigenvalue weighted by atomic mass is 10.1. The number of nitrogens with zero attached hydrogens (tertiary/aromatic N) is 1. The van der Waals surface area contributed by atoms with Gasteiger partial charge in [-0.1, -0.05) is 6.07 Å².